The summed E-state index contributed by atoms with van der Waals surface area (Å²) in [4.78, 5) is 11.9. The Kier molecular flexibility index (Phi) is 3.62. The highest BCUT2D eigenvalue weighted by atomic mass is 32.1. The van der Waals surface area contributed by atoms with Gasteiger partial charge in [-0.2, -0.15) is 12.6 Å². The van der Waals surface area contributed by atoms with Crippen molar-refractivity contribution in [2.45, 2.75) is 25.1 Å². The monoisotopic (exact) mass is 251 g/mol. The van der Waals surface area contributed by atoms with E-state index in [1.165, 1.54) is 0 Å². The van der Waals surface area contributed by atoms with Crippen LogP contribution in [0.15, 0.2) is 24.3 Å². The first-order valence-electron chi connectivity index (χ1n) is 5.79. The number of fused-ring (bicyclic) bond motifs is 1. The van der Waals surface area contributed by atoms with E-state index in [9.17, 15) is 4.79 Å². The maximum absolute atomic E-state index is 11.9. The van der Waals surface area contributed by atoms with Crippen LogP contribution in [0.2, 0.25) is 0 Å². The normalized spacial score (nSPS) is 19.6. The molecular formula is C13H17NO2S. The molecule has 0 spiro atoms. The predicted octanol–water partition coefficient (Wildman–Crippen LogP) is 2.19. The molecule has 2 atom stereocenters. The summed E-state index contributed by atoms with van der Waals surface area (Å²) in [6.07, 6.45) is 0. The number of thiol groups is 1. The highest BCUT2D eigenvalue weighted by molar-refractivity contribution is 7.81. The molecule has 0 radical (unpaired) electrons. The van der Waals surface area contributed by atoms with Gasteiger partial charge in [0.1, 0.15) is 12.4 Å². The molecule has 0 saturated heterocycles. The van der Waals surface area contributed by atoms with Gasteiger partial charge >= 0.3 is 0 Å². The topological polar surface area (TPSA) is 38.3 Å². The van der Waals surface area contributed by atoms with Crippen molar-refractivity contribution in [1.29, 1.82) is 0 Å². The SMILES string of the molecule is CC(C)C(S)C(=O)NC1COc2ccccc21. The lowest BCUT2D eigenvalue weighted by molar-refractivity contribution is -0.122. The zero-order valence-electron chi connectivity index (χ0n) is 10.0. The molecular weight excluding hydrogens is 234 g/mol. The van der Waals surface area contributed by atoms with Gasteiger partial charge in [-0.3, -0.25) is 4.79 Å². The van der Waals surface area contributed by atoms with Gasteiger partial charge in [-0.1, -0.05) is 32.0 Å². The van der Waals surface area contributed by atoms with Crippen LogP contribution in [0.1, 0.15) is 25.5 Å². The number of carbonyl (C=O) groups excluding carboxylic acids is 1. The van der Waals surface area contributed by atoms with Gasteiger partial charge in [0.05, 0.1) is 11.3 Å². The lowest BCUT2D eigenvalue weighted by Gasteiger charge is -2.18. The highest BCUT2D eigenvalue weighted by Gasteiger charge is 2.27. The molecule has 0 aliphatic carbocycles. The maximum Gasteiger partial charge on any atom is 0.233 e. The van der Waals surface area contributed by atoms with Crippen molar-refractivity contribution < 1.29 is 9.53 Å². The van der Waals surface area contributed by atoms with Crippen molar-refractivity contribution in [2.75, 3.05) is 6.61 Å². The zero-order valence-corrected chi connectivity index (χ0v) is 10.9. The van der Waals surface area contributed by atoms with Crippen LogP contribution in [-0.4, -0.2) is 17.8 Å². The molecule has 1 aromatic rings. The fraction of sp³-hybridized carbons (Fsp3) is 0.462. The molecule has 1 heterocycles. The van der Waals surface area contributed by atoms with Crippen molar-refractivity contribution in [3.05, 3.63) is 29.8 Å². The van der Waals surface area contributed by atoms with E-state index in [4.69, 9.17) is 4.74 Å². The first kappa shape index (κ1) is 12.3. The maximum atomic E-state index is 11.9. The molecule has 2 rings (SSSR count). The molecule has 0 aromatic heterocycles. The van der Waals surface area contributed by atoms with E-state index in [-0.39, 0.29) is 23.1 Å². The average molecular weight is 251 g/mol. The Morgan fingerprint density at radius 3 is 2.88 bits per heavy atom. The quantitative estimate of drug-likeness (QED) is 0.808. The summed E-state index contributed by atoms with van der Waals surface area (Å²) < 4.78 is 5.51. The molecule has 1 aliphatic heterocycles. The molecule has 92 valence electrons. The van der Waals surface area contributed by atoms with Crippen molar-refractivity contribution >= 4 is 18.5 Å². The van der Waals surface area contributed by atoms with Crippen LogP contribution in [-0.2, 0) is 4.79 Å². The fourth-order valence-corrected chi connectivity index (χ4v) is 1.92. The number of amides is 1. The highest BCUT2D eigenvalue weighted by Crippen LogP contribution is 2.31. The molecule has 17 heavy (non-hydrogen) atoms. The lowest BCUT2D eigenvalue weighted by atomic mass is 10.1. The molecule has 1 aliphatic rings. The minimum Gasteiger partial charge on any atom is -0.491 e. The molecule has 1 amide bonds. The van der Waals surface area contributed by atoms with Crippen molar-refractivity contribution in [1.82, 2.24) is 5.32 Å². The van der Waals surface area contributed by atoms with Gasteiger partial charge in [-0.05, 0) is 12.0 Å². The zero-order chi connectivity index (χ0) is 12.4. The minimum absolute atomic E-state index is 0.0337. The summed E-state index contributed by atoms with van der Waals surface area (Å²) >= 11 is 4.31. The summed E-state index contributed by atoms with van der Waals surface area (Å²) in [7, 11) is 0. The standard InChI is InChI=1S/C13H17NO2S/c1-8(2)12(17)13(15)14-10-7-16-11-6-4-3-5-9(10)11/h3-6,8,10,12,17H,7H2,1-2H3,(H,14,15). The van der Waals surface area contributed by atoms with Gasteiger partial charge in [0.2, 0.25) is 5.91 Å². The predicted molar refractivity (Wildman–Crippen MR) is 70.4 cm³/mol. The Balaban J connectivity index is 2.05. The van der Waals surface area contributed by atoms with Crippen molar-refractivity contribution in [3.63, 3.8) is 0 Å². The van der Waals surface area contributed by atoms with Crippen LogP contribution < -0.4 is 10.1 Å². The Hall–Kier alpha value is -1.16. The second-order valence-electron chi connectivity index (χ2n) is 4.60. The number of nitrogens with one attached hydrogen (secondary N) is 1. The Bertz CT molecular complexity index is 420. The number of hydrogen-bond acceptors (Lipinski definition) is 3. The van der Waals surface area contributed by atoms with E-state index < -0.39 is 0 Å². The Morgan fingerprint density at radius 1 is 1.47 bits per heavy atom. The molecule has 2 unspecified atom stereocenters. The number of carbonyl (C=O) groups is 1. The van der Waals surface area contributed by atoms with Gasteiger partial charge in [0, 0.05) is 5.56 Å². The fourth-order valence-electron chi connectivity index (χ4n) is 1.84. The van der Waals surface area contributed by atoms with Crippen LogP contribution in [0.25, 0.3) is 0 Å². The van der Waals surface area contributed by atoms with Crippen molar-refractivity contribution in [3.8, 4) is 5.75 Å². The Morgan fingerprint density at radius 2 is 2.18 bits per heavy atom. The second-order valence-corrected chi connectivity index (χ2v) is 5.16. The number of para-hydroxylation sites is 1. The summed E-state index contributed by atoms with van der Waals surface area (Å²) in [5.41, 5.74) is 1.05. The van der Waals surface area contributed by atoms with Crippen LogP contribution in [0.4, 0.5) is 0 Å². The van der Waals surface area contributed by atoms with Gasteiger partial charge < -0.3 is 10.1 Å². The third-order valence-corrected chi connectivity index (χ3v) is 3.75. The molecule has 0 fully saturated rings. The number of ether oxygens (including phenoxy) is 1. The summed E-state index contributed by atoms with van der Waals surface area (Å²) in [5.74, 6) is 1.04. The summed E-state index contributed by atoms with van der Waals surface area (Å²) in [6, 6.07) is 7.73. The molecule has 1 N–H and O–H groups in total. The Labute approximate surface area is 107 Å². The van der Waals surface area contributed by atoms with E-state index >= 15 is 0 Å². The average Bonchev–Trinajstić information content (AvgIpc) is 2.71. The summed E-state index contributed by atoms with van der Waals surface area (Å²) in [5, 5.41) is 2.70. The van der Waals surface area contributed by atoms with Gasteiger partial charge in [0.15, 0.2) is 0 Å². The molecule has 4 heteroatoms. The first-order chi connectivity index (χ1) is 8.09. The van der Waals surface area contributed by atoms with Crippen LogP contribution >= 0.6 is 12.6 Å². The molecule has 0 saturated carbocycles. The lowest BCUT2D eigenvalue weighted by Crippen LogP contribution is -2.37. The van der Waals surface area contributed by atoms with E-state index in [1.807, 2.05) is 38.1 Å². The second kappa shape index (κ2) is 5.00. The first-order valence-corrected chi connectivity index (χ1v) is 6.31. The van der Waals surface area contributed by atoms with Gasteiger partial charge in [0.25, 0.3) is 0 Å². The largest absolute Gasteiger partial charge is 0.491 e. The smallest absolute Gasteiger partial charge is 0.233 e. The molecule has 3 nitrogen and oxygen atoms in total. The van der Waals surface area contributed by atoms with Crippen LogP contribution in [0, 0.1) is 5.92 Å². The third kappa shape index (κ3) is 2.57. The van der Waals surface area contributed by atoms with Crippen LogP contribution in [0.5, 0.6) is 5.75 Å². The van der Waals surface area contributed by atoms with E-state index in [1.54, 1.807) is 0 Å². The number of benzene rings is 1. The minimum atomic E-state index is -0.275. The van der Waals surface area contributed by atoms with Gasteiger partial charge in [-0.25, -0.2) is 0 Å². The van der Waals surface area contributed by atoms with Crippen molar-refractivity contribution in [2.24, 2.45) is 5.92 Å². The van der Waals surface area contributed by atoms with E-state index in [0.717, 1.165) is 11.3 Å². The van der Waals surface area contributed by atoms with Gasteiger partial charge in [-0.15, -0.1) is 0 Å². The van der Waals surface area contributed by atoms with E-state index in [0.29, 0.717) is 6.61 Å². The number of rotatable bonds is 3. The molecule has 1 aromatic carbocycles. The van der Waals surface area contributed by atoms with Crippen LogP contribution in [0.3, 0.4) is 0 Å². The van der Waals surface area contributed by atoms with E-state index in [2.05, 4.69) is 17.9 Å². The summed E-state index contributed by atoms with van der Waals surface area (Å²) in [6.45, 7) is 4.47. The molecule has 0 bridgehead atoms. The number of hydrogen-bond donors (Lipinski definition) is 2. The third-order valence-electron chi connectivity index (χ3n) is 2.92.